The van der Waals surface area contributed by atoms with Crippen molar-refractivity contribution in [1.29, 1.82) is 0 Å². The van der Waals surface area contributed by atoms with E-state index in [0.29, 0.717) is 16.3 Å². The Balaban J connectivity index is 1.69. The van der Waals surface area contributed by atoms with Crippen LogP contribution in [0.25, 0.3) is 0 Å². The van der Waals surface area contributed by atoms with E-state index in [9.17, 15) is 4.79 Å². The molecule has 0 bridgehead atoms. The van der Waals surface area contributed by atoms with Gasteiger partial charge >= 0.3 is 0 Å². The Bertz CT molecular complexity index is 890. The number of nitrogens with zero attached hydrogens (tertiary/aromatic N) is 2. The van der Waals surface area contributed by atoms with Crippen LogP contribution < -0.4 is 5.32 Å². The van der Waals surface area contributed by atoms with Crippen LogP contribution in [0.15, 0.2) is 58.2 Å². The highest BCUT2D eigenvalue weighted by Crippen LogP contribution is 2.24. The number of rotatable bonds is 6. The van der Waals surface area contributed by atoms with E-state index < -0.39 is 0 Å². The summed E-state index contributed by atoms with van der Waals surface area (Å²) in [5, 5.41) is 7.71. The highest BCUT2D eigenvalue weighted by atomic mass is 32.2. The maximum absolute atomic E-state index is 12.7. The number of pyridine rings is 1. The predicted octanol–water partition coefficient (Wildman–Crippen LogP) is 4.47. The first kappa shape index (κ1) is 18.2. The van der Waals surface area contributed by atoms with Crippen LogP contribution in [-0.4, -0.2) is 16.0 Å². The molecule has 0 aliphatic rings. The minimum Gasteiger partial charge on any atom is -0.361 e. The van der Waals surface area contributed by atoms with Gasteiger partial charge in [0.15, 0.2) is 0 Å². The Labute approximate surface area is 157 Å². The zero-order chi connectivity index (χ0) is 18.5. The van der Waals surface area contributed by atoms with E-state index in [-0.39, 0.29) is 11.9 Å². The quantitative estimate of drug-likeness (QED) is 0.651. The van der Waals surface area contributed by atoms with E-state index in [0.717, 1.165) is 17.0 Å². The molecule has 1 unspecified atom stereocenters. The van der Waals surface area contributed by atoms with Gasteiger partial charge in [0.05, 0.1) is 17.3 Å². The van der Waals surface area contributed by atoms with Crippen LogP contribution in [0.4, 0.5) is 0 Å². The Hall–Kier alpha value is -2.60. The number of aryl methyl sites for hydroxylation is 2. The number of benzene rings is 1. The molecule has 0 aliphatic heterocycles. The number of amides is 1. The average Bonchev–Trinajstić information content (AvgIpc) is 3.06. The Morgan fingerprint density at radius 1 is 1.23 bits per heavy atom. The van der Waals surface area contributed by atoms with Gasteiger partial charge in [-0.2, -0.15) is 0 Å². The van der Waals surface area contributed by atoms with Crippen molar-refractivity contribution in [2.75, 3.05) is 0 Å². The monoisotopic (exact) mass is 367 g/mol. The summed E-state index contributed by atoms with van der Waals surface area (Å²) < 4.78 is 5.08. The molecule has 0 fully saturated rings. The van der Waals surface area contributed by atoms with Crippen molar-refractivity contribution in [3.05, 3.63) is 76.8 Å². The summed E-state index contributed by atoms with van der Waals surface area (Å²) in [6.07, 6.45) is 1.69. The molecule has 26 heavy (non-hydrogen) atoms. The molecule has 0 saturated heterocycles. The van der Waals surface area contributed by atoms with Crippen molar-refractivity contribution in [2.45, 2.75) is 37.6 Å². The minimum atomic E-state index is -0.134. The second-order valence-corrected chi connectivity index (χ2v) is 7.14. The first-order chi connectivity index (χ1) is 12.5. The van der Waals surface area contributed by atoms with Gasteiger partial charge in [-0.3, -0.25) is 4.79 Å². The third kappa shape index (κ3) is 4.52. The molecule has 1 atom stereocenters. The molecule has 0 saturated carbocycles. The lowest BCUT2D eigenvalue weighted by atomic mass is 10.1. The van der Waals surface area contributed by atoms with Crippen molar-refractivity contribution in [3.8, 4) is 0 Å². The summed E-state index contributed by atoms with van der Waals surface area (Å²) in [6, 6.07) is 13.5. The number of hydrogen-bond donors (Lipinski definition) is 1. The summed E-state index contributed by atoms with van der Waals surface area (Å²) in [7, 11) is 0. The number of carbonyl (C=O) groups excluding carboxylic acids is 1. The highest BCUT2D eigenvalue weighted by molar-refractivity contribution is 7.98. The molecule has 3 rings (SSSR count). The molecular formula is C20H21N3O2S. The largest absolute Gasteiger partial charge is 0.361 e. The lowest BCUT2D eigenvalue weighted by molar-refractivity contribution is 0.0936. The molecular weight excluding hydrogens is 346 g/mol. The van der Waals surface area contributed by atoms with Gasteiger partial charge in [-0.15, -0.1) is 0 Å². The van der Waals surface area contributed by atoms with Crippen LogP contribution >= 0.6 is 11.8 Å². The Morgan fingerprint density at radius 3 is 2.69 bits per heavy atom. The molecule has 1 N–H and O–H groups in total. The van der Waals surface area contributed by atoms with Crippen molar-refractivity contribution >= 4 is 17.7 Å². The number of aromatic nitrogens is 2. The second kappa shape index (κ2) is 8.19. The molecule has 1 amide bonds. The summed E-state index contributed by atoms with van der Waals surface area (Å²) in [6.45, 7) is 5.87. The Kier molecular flexibility index (Phi) is 5.73. The molecule has 0 aliphatic carbocycles. The van der Waals surface area contributed by atoms with Gasteiger partial charge in [0.25, 0.3) is 5.91 Å². The van der Waals surface area contributed by atoms with E-state index in [2.05, 4.69) is 15.5 Å². The van der Waals surface area contributed by atoms with Crippen molar-refractivity contribution in [3.63, 3.8) is 0 Å². The molecule has 2 heterocycles. The van der Waals surface area contributed by atoms with Gasteiger partial charge in [-0.1, -0.05) is 46.7 Å². The minimum absolute atomic E-state index is 0.0839. The summed E-state index contributed by atoms with van der Waals surface area (Å²) >= 11 is 1.47. The van der Waals surface area contributed by atoms with E-state index in [1.165, 1.54) is 17.3 Å². The lowest BCUT2D eigenvalue weighted by Gasteiger charge is -2.15. The smallest absolute Gasteiger partial charge is 0.254 e. The van der Waals surface area contributed by atoms with Crippen molar-refractivity contribution in [2.24, 2.45) is 0 Å². The van der Waals surface area contributed by atoms with E-state index >= 15 is 0 Å². The topological polar surface area (TPSA) is 68.0 Å². The fourth-order valence-corrected chi connectivity index (χ4v) is 3.39. The first-order valence-electron chi connectivity index (χ1n) is 8.40. The predicted molar refractivity (Wildman–Crippen MR) is 102 cm³/mol. The van der Waals surface area contributed by atoms with Crippen LogP contribution in [0.1, 0.15) is 45.9 Å². The van der Waals surface area contributed by atoms with Crippen LogP contribution in [0.2, 0.25) is 0 Å². The van der Waals surface area contributed by atoms with Crippen molar-refractivity contribution in [1.82, 2.24) is 15.5 Å². The lowest BCUT2D eigenvalue weighted by Crippen LogP contribution is -2.27. The fourth-order valence-electron chi connectivity index (χ4n) is 2.52. The molecule has 0 spiro atoms. The van der Waals surface area contributed by atoms with Gasteiger partial charge < -0.3 is 9.84 Å². The molecule has 1 aromatic carbocycles. The van der Waals surface area contributed by atoms with Crippen LogP contribution in [0, 0.1) is 13.8 Å². The van der Waals surface area contributed by atoms with Crippen LogP contribution in [-0.2, 0) is 5.75 Å². The average molecular weight is 367 g/mol. The summed E-state index contributed by atoms with van der Waals surface area (Å²) in [5.74, 6) is 1.24. The molecule has 0 radical (unpaired) electrons. The number of carbonyl (C=O) groups is 1. The SMILES string of the molecule is Cc1ccc(C(C)NC(=O)c2cccnc2SCc2cc(C)on2)cc1. The maximum Gasteiger partial charge on any atom is 0.254 e. The third-order valence-electron chi connectivity index (χ3n) is 3.97. The van der Waals surface area contributed by atoms with E-state index in [1.54, 1.807) is 18.3 Å². The van der Waals surface area contributed by atoms with Gasteiger partial charge in [0, 0.05) is 18.0 Å². The van der Waals surface area contributed by atoms with Gasteiger partial charge in [-0.25, -0.2) is 4.98 Å². The van der Waals surface area contributed by atoms with E-state index in [1.807, 2.05) is 51.1 Å². The van der Waals surface area contributed by atoms with Gasteiger partial charge in [-0.05, 0) is 38.5 Å². The van der Waals surface area contributed by atoms with Crippen LogP contribution in [0.5, 0.6) is 0 Å². The molecule has 2 aromatic heterocycles. The van der Waals surface area contributed by atoms with Gasteiger partial charge in [0.2, 0.25) is 0 Å². The number of hydrogen-bond acceptors (Lipinski definition) is 5. The second-order valence-electron chi connectivity index (χ2n) is 6.18. The summed E-state index contributed by atoms with van der Waals surface area (Å²) in [4.78, 5) is 17.1. The molecule has 134 valence electrons. The van der Waals surface area contributed by atoms with E-state index in [4.69, 9.17) is 4.52 Å². The highest BCUT2D eigenvalue weighted by Gasteiger charge is 2.16. The maximum atomic E-state index is 12.7. The summed E-state index contributed by atoms with van der Waals surface area (Å²) in [5.41, 5.74) is 3.66. The molecule has 5 nitrogen and oxygen atoms in total. The zero-order valence-electron chi connectivity index (χ0n) is 15.0. The fraction of sp³-hybridized carbons (Fsp3) is 0.250. The first-order valence-corrected chi connectivity index (χ1v) is 9.39. The van der Waals surface area contributed by atoms with Crippen LogP contribution in [0.3, 0.4) is 0 Å². The normalized spacial score (nSPS) is 12.0. The number of nitrogens with one attached hydrogen (secondary N) is 1. The standard InChI is InChI=1S/C20H21N3O2S/c1-13-6-8-16(9-7-13)15(3)22-19(24)18-5-4-10-21-20(18)26-12-17-11-14(2)25-23-17/h4-11,15H,12H2,1-3H3,(H,22,24). The zero-order valence-corrected chi connectivity index (χ0v) is 15.8. The Morgan fingerprint density at radius 2 is 2.00 bits per heavy atom. The van der Waals surface area contributed by atoms with Gasteiger partial charge in [0.1, 0.15) is 10.8 Å². The molecule has 6 heteroatoms. The third-order valence-corrected chi connectivity index (χ3v) is 5.01. The van der Waals surface area contributed by atoms with Crippen molar-refractivity contribution < 1.29 is 9.32 Å². The molecule has 3 aromatic rings. The number of thioether (sulfide) groups is 1.